The Morgan fingerprint density at radius 2 is 2.08 bits per heavy atom. The molecule has 1 aliphatic heterocycles. The van der Waals surface area contributed by atoms with Crippen molar-refractivity contribution in [3.63, 3.8) is 0 Å². The predicted octanol–water partition coefficient (Wildman–Crippen LogP) is 2.13. The summed E-state index contributed by atoms with van der Waals surface area (Å²) in [5.41, 5.74) is 0.311. The van der Waals surface area contributed by atoms with Gasteiger partial charge in [-0.3, -0.25) is 4.79 Å². The van der Waals surface area contributed by atoms with Crippen LogP contribution in [0, 0.1) is 0 Å². The number of para-hydroxylation sites is 1. The number of benzene rings is 1. The van der Waals surface area contributed by atoms with Gasteiger partial charge in [0.2, 0.25) is 5.91 Å². The van der Waals surface area contributed by atoms with Gasteiger partial charge in [0.05, 0.1) is 18.8 Å². The van der Waals surface area contributed by atoms with Gasteiger partial charge in [-0.2, -0.15) is 0 Å². The Kier molecular flexibility index (Phi) is 6.06. The molecule has 1 saturated heterocycles. The quantitative estimate of drug-likeness (QED) is 0.856. The summed E-state index contributed by atoms with van der Waals surface area (Å²) in [5.74, 6) is -0.525. The molecule has 0 saturated carbocycles. The van der Waals surface area contributed by atoms with Gasteiger partial charge in [-0.1, -0.05) is 18.2 Å². The maximum absolute atomic E-state index is 12.4. The van der Waals surface area contributed by atoms with Crippen LogP contribution in [-0.4, -0.2) is 54.7 Å². The minimum absolute atomic E-state index is 0.0329. The number of halogens is 3. The zero-order chi connectivity index (χ0) is 17.7. The van der Waals surface area contributed by atoms with E-state index in [2.05, 4.69) is 4.74 Å². The van der Waals surface area contributed by atoms with Crippen LogP contribution in [0.4, 0.5) is 13.2 Å². The van der Waals surface area contributed by atoms with Crippen LogP contribution in [0.2, 0.25) is 0 Å². The van der Waals surface area contributed by atoms with E-state index in [1.807, 2.05) is 0 Å². The number of amides is 1. The summed E-state index contributed by atoms with van der Waals surface area (Å²) in [7, 11) is 1.54. The van der Waals surface area contributed by atoms with Gasteiger partial charge in [-0.05, 0) is 24.5 Å². The number of methoxy groups -OCH3 is 1. The molecule has 0 radical (unpaired) electrons. The molecule has 24 heavy (non-hydrogen) atoms. The summed E-state index contributed by atoms with van der Waals surface area (Å²) >= 11 is 0. The smallest absolute Gasteiger partial charge is 0.406 e. The Bertz CT molecular complexity index is 564. The first-order valence-corrected chi connectivity index (χ1v) is 7.60. The van der Waals surface area contributed by atoms with Crippen molar-refractivity contribution in [3.05, 3.63) is 29.8 Å². The highest BCUT2D eigenvalue weighted by Gasteiger charge is 2.35. The first-order chi connectivity index (χ1) is 11.3. The second-order valence-electron chi connectivity index (χ2n) is 5.63. The molecule has 1 aliphatic rings. The van der Waals surface area contributed by atoms with Gasteiger partial charge < -0.3 is 19.5 Å². The largest absolute Gasteiger partial charge is 0.573 e. The van der Waals surface area contributed by atoms with Crippen molar-refractivity contribution in [1.29, 1.82) is 0 Å². The standard InChI is InChI=1S/C16H20F3NO4/c1-23-13-8-12(10-21)20(9-13)15(22)7-6-11-4-2-3-5-14(11)24-16(17,18)19/h2-5,12-13,21H,6-10H2,1H3/t12-,13-/m0/s1. The molecule has 1 N–H and O–H groups in total. The minimum Gasteiger partial charge on any atom is -0.406 e. The first-order valence-electron chi connectivity index (χ1n) is 7.60. The number of carbonyl (C=O) groups excluding carboxylic acids is 1. The lowest BCUT2D eigenvalue weighted by molar-refractivity contribution is -0.274. The molecule has 1 aromatic rings. The summed E-state index contributed by atoms with van der Waals surface area (Å²) in [6.07, 6.45) is -4.20. The van der Waals surface area contributed by atoms with Gasteiger partial charge in [0.15, 0.2) is 0 Å². The second-order valence-corrected chi connectivity index (χ2v) is 5.63. The SMILES string of the molecule is CO[C@H]1C[C@@H](CO)N(C(=O)CCc2ccccc2OC(F)(F)F)C1. The molecule has 2 atom stereocenters. The van der Waals surface area contributed by atoms with Crippen LogP contribution >= 0.6 is 0 Å². The molecule has 1 heterocycles. The summed E-state index contributed by atoms with van der Waals surface area (Å²) in [6.45, 7) is 0.209. The van der Waals surface area contributed by atoms with Crippen molar-refractivity contribution in [2.75, 3.05) is 20.3 Å². The molecule has 0 spiro atoms. The van der Waals surface area contributed by atoms with Crippen LogP contribution in [0.5, 0.6) is 5.75 Å². The van der Waals surface area contributed by atoms with Gasteiger partial charge >= 0.3 is 6.36 Å². The Hall–Kier alpha value is -1.80. The normalized spacial score (nSPS) is 21.1. The van der Waals surface area contributed by atoms with Crippen molar-refractivity contribution in [2.45, 2.75) is 37.8 Å². The minimum atomic E-state index is -4.78. The molecule has 1 fully saturated rings. The van der Waals surface area contributed by atoms with Gasteiger partial charge in [0.1, 0.15) is 5.75 Å². The lowest BCUT2D eigenvalue weighted by Gasteiger charge is -2.23. The molecule has 0 aliphatic carbocycles. The highest BCUT2D eigenvalue weighted by molar-refractivity contribution is 5.77. The average Bonchev–Trinajstić information content (AvgIpc) is 2.96. The number of alkyl halides is 3. The van der Waals surface area contributed by atoms with E-state index in [1.54, 1.807) is 6.07 Å². The van der Waals surface area contributed by atoms with Crippen LogP contribution in [0.15, 0.2) is 24.3 Å². The molecular formula is C16H20F3NO4. The van der Waals surface area contributed by atoms with Gasteiger partial charge in [0.25, 0.3) is 0 Å². The Labute approximate surface area is 138 Å². The highest BCUT2D eigenvalue weighted by atomic mass is 19.4. The number of carbonyl (C=O) groups is 1. The molecule has 0 bridgehead atoms. The average molecular weight is 347 g/mol. The van der Waals surface area contributed by atoms with E-state index in [-0.39, 0.29) is 43.3 Å². The molecule has 1 amide bonds. The van der Waals surface area contributed by atoms with Gasteiger partial charge in [-0.15, -0.1) is 13.2 Å². The number of aliphatic hydroxyl groups excluding tert-OH is 1. The molecule has 1 aromatic carbocycles. The monoisotopic (exact) mass is 347 g/mol. The van der Waals surface area contributed by atoms with Crippen molar-refractivity contribution >= 4 is 5.91 Å². The van der Waals surface area contributed by atoms with Crippen LogP contribution in [0.3, 0.4) is 0 Å². The zero-order valence-electron chi connectivity index (χ0n) is 13.3. The van der Waals surface area contributed by atoms with Crippen LogP contribution in [0.1, 0.15) is 18.4 Å². The molecule has 8 heteroatoms. The van der Waals surface area contributed by atoms with Crippen molar-refractivity contribution in [3.8, 4) is 5.75 Å². The van der Waals surface area contributed by atoms with Crippen LogP contribution < -0.4 is 4.74 Å². The zero-order valence-corrected chi connectivity index (χ0v) is 13.3. The Morgan fingerprint density at radius 3 is 2.71 bits per heavy atom. The van der Waals surface area contributed by atoms with E-state index < -0.39 is 6.36 Å². The van der Waals surface area contributed by atoms with Crippen molar-refractivity contribution in [1.82, 2.24) is 4.90 Å². The fourth-order valence-corrected chi connectivity index (χ4v) is 2.84. The first kappa shape index (κ1) is 18.5. The van der Waals surface area contributed by atoms with E-state index in [0.717, 1.165) is 0 Å². The van der Waals surface area contributed by atoms with Crippen LogP contribution in [0.25, 0.3) is 0 Å². The topological polar surface area (TPSA) is 59.0 Å². The van der Waals surface area contributed by atoms with E-state index >= 15 is 0 Å². The lowest BCUT2D eigenvalue weighted by Crippen LogP contribution is -2.38. The van der Waals surface area contributed by atoms with Gasteiger partial charge in [-0.25, -0.2) is 0 Å². The number of rotatable bonds is 6. The summed E-state index contributed by atoms with van der Waals surface area (Å²) in [6, 6.07) is 5.44. The number of hydrogen-bond acceptors (Lipinski definition) is 4. The molecule has 0 unspecified atom stereocenters. The molecule has 5 nitrogen and oxygen atoms in total. The molecule has 134 valence electrons. The van der Waals surface area contributed by atoms with E-state index in [9.17, 15) is 23.1 Å². The number of hydrogen-bond donors (Lipinski definition) is 1. The second kappa shape index (κ2) is 7.85. The number of aryl methyl sites for hydroxylation is 1. The van der Waals surface area contributed by atoms with Crippen molar-refractivity contribution < 1.29 is 32.5 Å². The molecular weight excluding hydrogens is 327 g/mol. The Morgan fingerprint density at radius 1 is 1.38 bits per heavy atom. The van der Waals surface area contributed by atoms with E-state index in [0.29, 0.717) is 18.5 Å². The summed E-state index contributed by atoms with van der Waals surface area (Å²) in [5, 5.41) is 9.36. The third kappa shape index (κ3) is 4.85. The predicted molar refractivity (Wildman–Crippen MR) is 79.4 cm³/mol. The third-order valence-electron chi connectivity index (χ3n) is 4.05. The highest BCUT2D eigenvalue weighted by Crippen LogP contribution is 2.28. The maximum atomic E-state index is 12.4. The Balaban J connectivity index is 1.99. The number of nitrogens with zero attached hydrogens (tertiary/aromatic N) is 1. The number of aliphatic hydroxyl groups is 1. The fourth-order valence-electron chi connectivity index (χ4n) is 2.84. The van der Waals surface area contributed by atoms with E-state index in [4.69, 9.17) is 4.74 Å². The lowest BCUT2D eigenvalue weighted by atomic mass is 10.1. The third-order valence-corrected chi connectivity index (χ3v) is 4.05. The summed E-state index contributed by atoms with van der Waals surface area (Å²) in [4.78, 5) is 13.9. The fraction of sp³-hybridized carbons (Fsp3) is 0.562. The molecule has 0 aromatic heterocycles. The molecule has 2 rings (SSSR count). The van der Waals surface area contributed by atoms with Crippen molar-refractivity contribution in [2.24, 2.45) is 0 Å². The summed E-state index contributed by atoms with van der Waals surface area (Å²) < 4.78 is 46.4. The van der Waals surface area contributed by atoms with E-state index in [1.165, 1.54) is 30.2 Å². The van der Waals surface area contributed by atoms with Crippen LogP contribution in [-0.2, 0) is 16.0 Å². The maximum Gasteiger partial charge on any atom is 0.573 e. The van der Waals surface area contributed by atoms with Gasteiger partial charge in [0, 0.05) is 20.1 Å². The number of ether oxygens (including phenoxy) is 2. The number of likely N-dealkylation sites (tertiary alicyclic amines) is 1.